The zero-order valence-corrected chi connectivity index (χ0v) is 12.4. The Morgan fingerprint density at radius 1 is 1.17 bits per heavy atom. The van der Waals surface area contributed by atoms with Crippen molar-refractivity contribution in [1.82, 2.24) is 9.57 Å². The minimum absolute atomic E-state index is 0.0972. The summed E-state index contributed by atoms with van der Waals surface area (Å²) in [6.07, 6.45) is 2.80. The number of hydrogen-bond donors (Lipinski definition) is 0. The van der Waals surface area contributed by atoms with Gasteiger partial charge in [0.05, 0.1) is 0 Å². The van der Waals surface area contributed by atoms with Gasteiger partial charge in [0.25, 0.3) is 0 Å². The Morgan fingerprint density at radius 3 is 2.61 bits per heavy atom. The second-order valence-corrected chi connectivity index (χ2v) is 7.51. The summed E-state index contributed by atoms with van der Waals surface area (Å²) in [5.74, 6) is 0. The molecule has 1 saturated heterocycles. The number of fused-ring (bicyclic) bond motifs is 1. The maximum atomic E-state index is 2.72. The van der Waals surface area contributed by atoms with Crippen LogP contribution in [0.1, 0.15) is 31.4 Å². The van der Waals surface area contributed by atoms with E-state index >= 15 is 0 Å². The van der Waals surface area contributed by atoms with Gasteiger partial charge >= 0.3 is 0 Å². The third-order valence-corrected chi connectivity index (χ3v) is 6.83. The van der Waals surface area contributed by atoms with Gasteiger partial charge in [0.1, 0.15) is 0 Å². The molecule has 0 bridgehead atoms. The topological polar surface area (TPSA) is 6.48 Å². The number of nitrogens with zero attached hydrogens (tertiary/aromatic N) is 2. The van der Waals surface area contributed by atoms with Crippen LogP contribution in [0, 0.1) is 0 Å². The van der Waals surface area contributed by atoms with Crippen molar-refractivity contribution in [3.63, 3.8) is 0 Å². The molecule has 3 rings (SSSR count). The van der Waals surface area contributed by atoms with E-state index in [1.165, 1.54) is 39.0 Å². The first-order chi connectivity index (χ1) is 8.77. The van der Waals surface area contributed by atoms with Crippen LogP contribution in [0.4, 0.5) is 0 Å². The van der Waals surface area contributed by atoms with Gasteiger partial charge in [-0.2, -0.15) is 0 Å². The molecule has 1 fully saturated rings. The van der Waals surface area contributed by atoms with Gasteiger partial charge in [-0.1, -0.05) is 24.3 Å². The van der Waals surface area contributed by atoms with Crippen molar-refractivity contribution in [2.24, 2.45) is 0 Å². The lowest BCUT2D eigenvalue weighted by molar-refractivity contribution is 0.282. The van der Waals surface area contributed by atoms with Gasteiger partial charge in [-0.05, 0) is 58.5 Å². The molecule has 1 aromatic rings. The fourth-order valence-corrected chi connectivity index (χ4v) is 5.54. The summed E-state index contributed by atoms with van der Waals surface area (Å²) < 4.78 is 2.72. The highest BCUT2D eigenvalue weighted by atomic mass is 31.1. The summed E-state index contributed by atoms with van der Waals surface area (Å²) in [5.41, 5.74) is 1.56. The van der Waals surface area contributed by atoms with Gasteiger partial charge in [0, 0.05) is 19.1 Å². The highest BCUT2D eigenvalue weighted by molar-refractivity contribution is 7.63. The van der Waals surface area contributed by atoms with Crippen molar-refractivity contribution in [2.75, 3.05) is 32.8 Å². The quantitative estimate of drug-likeness (QED) is 0.773. The van der Waals surface area contributed by atoms with E-state index in [1.54, 1.807) is 10.9 Å². The Morgan fingerprint density at radius 2 is 1.89 bits per heavy atom. The molecule has 18 heavy (non-hydrogen) atoms. The zero-order chi connectivity index (χ0) is 12.5. The highest BCUT2D eigenvalue weighted by Crippen LogP contribution is 2.49. The maximum absolute atomic E-state index is 2.72. The second kappa shape index (κ2) is 5.28. The summed E-state index contributed by atoms with van der Waals surface area (Å²) in [6, 6.07) is 9.62. The first kappa shape index (κ1) is 12.6. The van der Waals surface area contributed by atoms with E-state index < -0.39 is 0 Å². The molecule has 0 aliphatic carbocycles. The molecule has 2 heterocycles. The summed E-state index contributed by atoms with van der Waals surface area (Å²) in [4.78, 5) is 2.62. The van der Waals surface area contributed by atoms with Crippen molar-refractivity contribution in [1.29, 1.82) is 0 Å². The normalized spacial score (nSPS) is 28.8. The Balaban J connectivity index is 1.67. The molecule has 0 unspecified atom stereocenters. The van der Waals surface area contributed by atoms with Crippen LogP contribution >= 0.6 is 8.07 Å². The van der Waals surface area contributed by atoms with Gasteiger partial charge in [0.15, 0.2) is 0 Å². The van der Waals surface area contributed by atoms with Crippen molar-refractivity contribution < 1.29 is 0 Å². The van der Waals surface area contributed by atoms with Crippen LogP contribution in [0.25, 0.3) is 0 Å². The maximum Gasteiger partial charge on any atom is 0.0366 e. The van der Waals surface area contributed by atoms with Crippen LogP contribution in [-0.2, 0) is 0 Å². The van der Waals surface area contributed by atoms with E-state index in [2.05, 4.69) is 47.4 Å². The van der Waals surface area contributed by atoms with Crippen LogP contribution in [-0.4, -0.2) is 42.4 Å². The summed E-state index contributed by atoms with van der Waals surface area (Å²) in [5, 5.41) is 1.60. The molecule has 2 aliphatic rings. The number of hydrogen-bond acceptors (Lipinski definition) is 2. The minimum atomic E-state index is -0.0972. The number of benzene rings is 1. The molecule has 2 nitrogen and oxygen atoms in total. The molecule has 0 spiro atoms. The zero-order valence-electron chi connectivity index (χ0n) is 11.5. The lowest BCUT2D eigenvalue weighted by Crippen LogP contribution is -2.30. The molecule has 3 heteroatoms. The van der Waals surface area contributed by atoms with E-state index in [-0.39, 0.29) is 8.07 Å². The molecule has 0 saturated carbocycles. The van der Waals surface area contributed by atoms with E-state index in [0.717, 1.165) is 0 Å². The SMILES string of the molecule is C[C@@H]1c2ccccc2[P@@](C)N1CCN1CCCC1. The molecule has 0 aromatic heterocycles. The molecular formula is C15H23N2P. The van der Waals surface area contributed by atoms with Gasteiger partial charge < -0.3 is 4.90 Å². The van der Waals surface area contributed by atoms with Gasteiger partial charge in [-0.15, -0.1) is 0 Å². The van der Waals surface area contributed by atoms with Crippen LogP contribution < -0.4 is 5.30 Å². The average molecular weight is 262 g/mol. The minimum Gasteiger partial charge on any atom is -0.302 e. The van der Waals surface area contributed by atoms with E-state index in [1.807, 2.05) is 0 Å². The Hall–Kier alpha value is -0.430. The van der Waals surface area contributed by atoms with Crippen LogP contribution in [0.3, 0.4) is 0 Å². The van der Waals surface area contributed by atoms with Gasteiger partial charge in [-0.25, -0.2) is 0 Å². The summed E-state index contributed by atoms with van der Waals surface area (Å²) >= 11 is 0. The van der Waals surface area contributed by atoms with Crippen molar-refractivity contribution in [3.05, 3.63) is 29.8 Å². The first-order valence-corrected chi connectivity index (χ1v) is 8.83. The number of likely N-dealkylation sites (tertiary alicyclic amines) is 1. The fraction of sp³-hybridized carbons (Fsp3) is 0.600. The Bertz CT molecular complexity index is 386. The van der Waals surface area contributed by atoms with Crippen molar-refractivity contribution in [2.45, 2.75) is 25.8 Å². The molecule has 0 radical (unpaired) electrons. The lowest BCUT2D eigenvalue weighted by atomic mass is 10.1. The van der Waals surface area contributed by atoms with Crippen LogP contribution in [0.15, 0.2) is 24.3 Å². The molecule has 0 amide bonds. The van der Waals surface area contributed by atoms with E-state index in [0.29, 0.717) is 6.04 Å². The fourth-order valence-electron chi connectivity index (χ4n) is 3.29. The predicted octanol–water partition coefficient (Wildman–Crippen LogP) is 2.81. The molecule has 98 valence electrons. The predicted molar refractivity (Wildman–Crippen MR) is 79.7 cm³/mol. The lowest BCUT2D eigenvalue weighted by Gasteiger charge is -2.28. The smallest absolute Gasteiger partial charge is 0.0366 e. The third kappa shape index (κ3) is 2.22. The van der Waals surface area contributed by atoms with E-state index in [4.69, 9.17) is 0 Å². The molecule has 1 aromatic carbocycles. The highest BCUT2D eigenvalue weighted by Gasteiger charge is 2.32. The van der Waals surface area contributed by atoms with Crippen molar-refractivity contribution >= 4 is 13.4 Å². The summed E-state index contributed by atoms with van der Waals surface area (Å²) in [7, 11) is -0.0972. The monoisotopic (exact) mass is 262 g/mol. The van der Waals surface area contributed by atoms with Crippen LogP contribution in [0.2, 0.25) is 0 Å². The first-order valence-electron chi connectivity index (χ1n) is 7.09. The van der Waals surface area contributed by atoms with Crippen molar-refractivity contribution in [3.8, 4) is 0 Å². The van der Waals surface area contributed by atoms with E-state index in [9.17, 15) is 0 Å². The molecule has 0 N–H and O–H groups in total. The van der Waals surface area contributed by atoms with Gasteiger partial charge in [-0.3, -0.25) is 4.67 Å². The Kier molecular flexibility index (Phi) is 3.70. The molecular weight excluding hydrogens is 239 g/mol. The Labute approximate surface area is 112 Å². The summed E-state index contributed by atoms with van der Waals surface area (Å²) in [6.45, 7) is 9.91. The van der Waals surface area contributed by atoms with Gasteiger partial charge in [0.2, 0.25) is 0 Å². The average Bonchev–Trinajstić information content (AvgIpc) is 2.98. The molecule has 2 aliphatic heterocycles. The van der Waals surface area contributed by atoms with Crippen LogP contribution in [0.5, 0.6) is 0 Å². The number of rotatable bonds is 3. The third-order valence-electron chi connectivity index (χ3n) is 4.41. The molecule has 2 atom stereocenters. The largest absolute Gasteiger partial charge is 0.302 e. The standard InChI is InChI=1S/C15H23N2P/c1-13-14-7-3-4-8-15(14)18(2)17(13)12-11-16-9-5-6-10-16/h3-4,7-8,13H,5-6,9-12H2,1-2H3/t13-,18-/m1/s1. The second-order valence-electron chi connectivity index (χ2n) is 5.47.